The van der Waals surface area contributed by atoms with Crippen LogP contribution in [0.5, 0.6) is 0 Å². The van der Waals surface area contributed by atoms with Crippen molar-refractivity contribution in [1.82, 2.24) is 19.4 Å². The Morgan fingerprint density at radius 2 is 1.84 bits per heavy atom. The highest BCUT2D eigenvalue weighted by molar-refractivity contribution is 5.94. The molecule has 1 fully saturated rings. The normalized spacial score (nSPS) is 15.7. The predicted molar refractivity (Wildman–Crippen MR) is 122 cm³/mol. The molecule has 5 nitrogen and oxygen atoms in total. The van der Waals surface area contributed by atoms with Crippen molar-refractivity contribution >= 4 is 16.9 Å². The van der Waals surface area contributed by atoms with Gasteiger partial charge in [0.05, 0.1) is 5.52 Å². The predicted octanol–water partition coefficient (Wildman–Crippen LogP) is 4.48. The Hall–Kier alpha value is -2.73. The van der Waals surface area contributed by atoms with Crippen molar-refractivity contribution in [3.05, 3.63) is 65.2 Å². The van der Waals surface area contributed by atoms with Gasteiger partial charge in [-0.1, -0.05) is 18.2 Å². The molecule has 3 aromatic rings. The number of piperidine rings is 1. The second-order valence-corrected chi connectivity index (χ2v) is 8.83. The zero-order chi connectivity index (χ0) is 22.1. The van der Waals surface area contributed by atoms with Crippen LogP contribution in [-0.2, 0) is 6.54 Å². The topological polar surface area (TPSA) is 41.4 Å². The molecule has 0 spiro atoms. The van der Waals surface area contributed by atoms with Gasteiger partial charge in [0, 0.05) is 44.3 Å². The fourth-order valence-electron chi connectivity index (χ4n) is 4.55. The summed E-state index contributed by atoms with van der Waals surface area (Å²) in [4.78, 5) is 21.8. The average molecular weight is 423 g/mol. The van der Waals surface area contributed by atoms with Gasteiger partial charge in [-0.2, -0.15) is 0 Å². The van der Waals surface area contributed by atoms with E-state index in [1.807, 2.05) is 53.8 Å². The fraction of sp³-hybridized carbons (Fsp3) is 0.440. The van der Waals surface area contributed by atoms with Crippen LogP contribution in [0, 0.1) is 12.7 Å². The minimum absolute atomic E-state index is 0.0600. The summed E-state index contributed by atoms with van der Waals surface area (Å²) in [5.74, 6) is 0.563. The lowest BCUT2D eigenvalue weighted by Gasteiger charge is -2.38. The van der Waals surface area contributed by atoms with Gasteiger partial charge in [-0.05, 0) is 63.4 Å². The molecule has 0 saturated carbocycles. The molecule has 0 unspecified atom stereocenters. The van der Waals surface area contributed by atoms with Crippen LogP contribution < -0.4 is 0 Å². The Labute approximate surface area is 183 Å². The molecular formula is C25H31FN4O. The number of likely N-dealkylation sites (tertiary alicyclic amines) is 1. The quantitative estimate of drug-likeness (QED) is 0.609. The third-order valence-corrected chi connectivity index (χ3v) is 6.55. The fourth-order valence-corrected chi connectivity index (χ4v) is 4.55. The molecule has 1 aliphatic heterocycles. The zero-order valence-electron chi connectivity index (χ0n) is 18.8. The van der Waals surface area contributed by atoms with Crippen molar-refractivity contribution in [2.75, 3.05) is 20.1 Å². The summed E-state index contributed by atoms with van der Waals surface area (Å²) in [7, 11) is 1.91. The molecule has 164 valence electrons. The number of hydrogen-bond donors (Lipinski definition) is 0. The van der Waals surface area contributed by atoms with E-state index < -0.39 is 0 Å². The molecular weight excluding hydrogens is 391 g/mol. The van der Waals surface area contributed by atoms with E-state index in [9.17, 15) is 9.18 Å². The Morgan fingerprint density at radius 3 is 2.48 bits per heavy atom. The van der Waals surface area contributed by atoms with E-state index in [1.54, 1.807) is 6.07 Å². The van der Waals surface area contributed by atoms with Crippen LogP contribution in [0.15, 0.2) is 42.5 Å². The van der Waals surface area contributed by atoms with Crippen LogP contribution >= 0.6 is 0 Å². The second-order valence-electron chi connectivity index (χ2n) is 8.83. The summed E-state index contributed by atoms with van der Waals surface area (Å²) < 4.78 is 16.2. The van der Waals surface area contributed by atoms with Gasteiger partial charge >= 0.3 is 0 Å². The Bertz CT molecular complexity index is 1070. The van der Waals surface area contributed by atoms with Crippen LogP contribution in [0.1, 0.15) is 48.4 Å². The Morgan fingerprint density at radius 1 is 1.16 bits per heavy atom. The number of hydrogen-bond acceptors (Lipinski definition) is 3. The maximum atomic E-state index is 14.4. The van der Waals surface area contributed by atoms with Crippen molar-refractivity contribution in [2.24, 2.45) is 0 Å². The first-order valence-electron chi connectivity index (χ1n) is 11.1. The van der Waals surface area contributed by atoms with Gasteiger partial charge in [0.25, 0.3) is 5.91 Å². The molecule has 1 amide bonds. The molecule has 1 aromatic heterocycles. The van der Waals surface area contributed by atoms with Crippen LogP contribution in [0.4, 0.5) is 4.39 Å². The number of para-hydroxylation sites is 1. The number of amides is 1. The highest BCUT2D eigenvalue weighted by Gasteiger charge is 2.26. The highest BCUT2D eigenvalue weighted by Crippen LogP contribution is 2.22. The molecule has 4 rings (SSSR count). The number of halogens is 1. The van der Waals surface area contributed by atoms with E-state index in [-0.39, 0.29) is 17.8 Å². The smallest absolute Gasteiger partial charge is 0.253 e. The van der Waals surface area contributed by atoms with E-state index in [1.165, 1.54) is 6.07 Å². The highest BCUT2D eigenvalue weighted by atomic mass is 19.1. The van der Waals surface area contributed by atoms with Crippen LogP contribution in [0.25, 0.3) is 11.0 Å². The minimum atomic E-state index is -0.268. The van der Waals surface area contributed by atoms with E-state index in [2.05, 4.69) is 23.7 Å². The number of nitrogens with zero attached hydrogens (tertiary/aromatic N) is 4. The molecule has 1 saturated heterocycles. The summed E-state index contributed by atoms with van der Waals surface area (Å²) in [5.41, 5.74) is 2.88. The third kappa shape index (κ3) is 4.35. The molecule has 31 heavy (non-hydrogen) atoms. The number of rotatable bonds is 5. The van der Waals surface area contributed by atoms with E-state index >= 15 is 0 Å². The SMILES string of the molecule is Cc1nc2cccc(F)c2n1Cc1ccc(C(=O)N(C)C2CCN(C(C)C)CC2)cc1. The summed E-state index contributed by atoms with van der Waals surface area (Å²) in [6.45, 7) is 8.91. The summed E-state index contributed by atoms with van der Waals surface area (Å²) in [6, 6.07) is 13.5. The number of aromatic nitrogens is 2. The van der Waals surface area contributed by atoms with Gasteiger partial charge in [-0.3, -0.25) is 4.79 Å². The molecule has 0 bridgehead atoms. The van der Waals surface area contributed by atoms with Gasteiger partial charge < -0.3 is 14.4 Å². The zero-order valence-corrected chi connectivity index (χ0v) is 18.8. The molecule has 0 N–H and O–H groups in total. The van der Waals surface area contributed by atoms with Gasteiger partial charge in [0.15, 0.2) is 0 Å². The summed E-state index contributed by atoms with van der Waals surface area (Å²) in [6.07, 6.45) is 2.02. The standard InChI is InChI=1S/C25H31FN4O/c1-17(2)29-14-12-21(13-15-29)28(4)25(31)20-10-8-19(9-11-20)16-30-18(3)27-23-7-5-6-22(26)24(23)30/h5-11,17,21H,12-16H2,1-4H3. The summed E-state index contributed by atoms with van der Waals surface area (Å²) >= 11 is 0. The molecule has 0 aliphatic carbocycles. The van der Waals surface area contributed by atoms with Gasteiger partial charge in [0.1, 0.15) is 17.2 Å². The molecule has 0 atom stereocenters. The molecule has 2 heterocycles. The van der Waals surface area contributed by atoms with Crippen LogP contribution in [-0.4, -0.2) is 57.5 Å². The number of fused-ring (bicyclic) bond motifs is 1. The average Bonchev–Trinajstić information content (AvgIpc) is 3.09. The lowest BCUT2D eigenvalue weighted by molar-refractivity contribution is 0.0615. The van der Waals surface area contributed by atoms with E-state index in [0.717, 1.165) is 37.3 Å². The monoisotopic (exact) mass is 422 g/mol. The molecule has 6 heteroatoms. The second kappa shape index (κ2) is 8.79. The van der Waals surface area contributed by atoms with Crippen molar-refractivity contribution in [2.45, 2.75) is 52.2 Å². The molecule has 1 aliphatic rings. The minimum Gasteiger partial charge on any atom is -0.339 e. The first-order valence-corrected chi connectivity index (χ1v) is 11.1. The lowest BCUT2D eigenvalue weighted by atomic mass is 10.0. The van der Waals surface area contributed by atoms with Gasteiger partial charge in [0.2, 0.25) is 0 Å². The van der Waals surface area contributed by atoms with Crippen molar-refractivity contribution in [3.8, 4) is 0 Å². The maximum Gasteiger partial charge on any atom is 0.253 e. The summed E-state index contributed by atoms with van der Waals surface area (Å²) in [5, 5.41) is 0. The van der Waals surface area contributed by atoms with Crippen LogP contribution in [0.2, 0.25) is 0 Å². The number of aryl methyl sites for hydroxylation is 1. The number of carbonyl (C=O) groups is 1. The van der Waals surface area contributed by atoms with Gasteiger partial charge in [-0.15, -0.1) is 0 Å². The van der Waals surface area contributed by atoms with Gasteiger partial charge in [-0.25, -0.2) is 9.37 Å². The Balaban J connectivity index is 1.45. The van der Waals surface area contributed by atoms with Crippen molar-refractivity contribution < 1.29 is 9.18 Å². The number of imidazole rings is 1. The number of carbonyl (C=O) groups excluding carboxylic acids is 1. The third-order valence-electron chi connectivity index (χ3n) is 6.55. The Kier molecular flexibility index (Phi) is 6.10. The molecule has 2 aromatic carbocycles. The van der Waals surface area contributed by atoms with E-state index in [0.29, 0.717) is 29.2 Å². The van der Waals surface area contributed by atoms with Crippen molar-refractivity contribution in [1.29, 1.82) is 0 Å². The first-order chi connectivity index (χ1) is 14.8. The van der Waals surface area contributed by atoms with Crippen LogP contribution in [0.3, 0.4) is 0 Å². The number of benzene rings is 2. The molecule has 0 radical (unpaired) electrons. The lowest BCUT2D eigenvalue weighted by Crippen LogP contribution is -2.47. The van der Waals surface area contributed by atoms with E-state index in [4.69, 9.17) is 0 Å². The first kappa shape index (κ1) is 21.5. The van der Waals surface area contributed by atoms with Crippen molar-refractivity contribution in [3.63, 3.8) is 0 Å². The largest absolute Gasteiger partial charge is 0.339 e. The maximum absolute atomic E-state index is 14.4.